The Kier molecular flexibility index (Phi) is 5.45. The zero-order valence-corrected chi connectivity index (χ0v) is 10.7. The molecular weight excluding hydrogens is 218 g/mol. The lowest BCUT2D eigenvalue weighted by atomic mass is 9.90. The zero-order valence-electron chi connectivity index (χ0n) is 10.7. The van der Waals surface area contributed by atoms with Crippen LogP contribution in [0.15, 0.2) is 0 Å². The molecule has 0 aliphatic heterocycles. The minimum absolute atomic E-state index is 0.0353. The third-order valence-electron chi connectivity index (χ3n) is 3.51. The predicted octanol–water partition coefficient (Wildman–Crippen LogP) is 2.18. The summed E-state index contributed by atoms with van der Waals surface area (Å²) in [5, 5.41) is 11.7. The predicted molar refractivity (Wildman–Crippen MR) is 65.6 cm³/mol. The molecule has 4 nitrogen and oxygen atoms in total. The van der Waals surface area contributed by atoms with Crippen molar-refractivity contribution in [2.45, 2.75) is 58.4 Å². The van der Waals surface area contributed by atoms with Gasteiger partial charge in [0.15, 0.2) is 0 Å². The van der Waals surface area contributed by atoms with Gasteiger partial charge in [0.25, 0.3) is 0 Å². The van der Waals surface area contributed by atoms with Gasteiger partial charge in [-0.2, -0.15) is 0 Å². The van der Waals surface area contributed by atoms with Crippen LogP contribution < -0.4 is 5.32 Å². The first-order valence-electron chi connectivity index (χ1n) is 6.53. The van der Waals surface area contributed by atoms with Gasteiger partial charge in [-0.05, 0) is 25.2 Å². The van der Waals surface area contributed by atoms with E-state index in [1.807, 2.05) is 13.8 Å². The van der Waals surface area contributed by atoms with Crippen LogP contribution in [0.4, 0.5) is 0 Å². The molecule has 4 heteroatoms. The number of carboxylic acid groups (broad SMARTS) is 1. The van der Waals surface area contributed by atoms with Crippen LogP contribution in [-0.2, 0) is 9.59 Å². The summed E-state index contributed by atoms with van der Waals surface area (Å²) in [6, 6.07) is 0.313. The van der Waals surface area contributed by atoms with Gasteiger partial charge in [0.2, 0.25) is 5.91 Å². The highest BCUT2D eigenvalue weighted by Crippen LogP contribution is 2.21. The van der Waals surface area contributed by atoms with E-state index in [1.165, 1.54) is 12.8 Å². The molecule has 1 atom stereocenters. The second kappa shape index (κ2) is 6.62. The van der Waals surface area contributed by atoms with Gasteiger partial charge in [0.05, 0.1) is 0 Å². The number of rotatable bonds is 6. The van der Waals surface area contributed by atoms with Gasteiger partial charge in [-0.1, -0.05) is 26.7 Å². The van der Waals surface area contributed by atoms with E-state index in [2.05, 4.69) is 5.32 Å². The number of carboxylic acids is 1. The SMILES string of the molecule is CC(C)C(CCC(=O)O)C(=O)NC1CCCC1. The molecule has 1 aliphatic carbocycles. The zero-order chi connectivity index (χ0) is 12.8. The average molecular weight is 241 g/mol. The van der Waals surface area contributed by atoms with Gasteiger partial charge in [0, 0.05) is 18.4 Å². The van der Waals surface area contributed by atoms with Gasteiger partial charge in [-0.25, -0.2) is 0 Å². The maximum atomic E-state index is 12.0. The van der Waals surface area contributed by atoms with Gasteiger partial charge in [0.1, 0.15) is 0 Å². The molecule has 1 saturated carbocycles. The molecule has 17 heavy (non-hydrogen) atoms. The largest absolute Gasteiger partial charge is 0.481 e. The third kappa shape index (κ3) is 4.75. The number of aliphatic carboxylic acids is 1. The second-order valence-electron chi connectivity index (χ2n) is 5.27. The quantitative estimate of drug-likeness (QED) is 0.749. The lowest BCUT2D eigenvalue weighted by molar-refractivity contribution is -0.137. The molecule has 0 radical (unpaired) electrons. The maximum absolute atomic E-state index is 12.0. The molecule has 1 unspecified atom stereocenters. The topological polar surface area (TPSA) is 66.4 Å². The Labute approximate surface area is 103 Å². The molecule has 1 aliphatic rings. The van der Waals surface area contributed by atoms with E-state index in [9.17, 15) is 9.59 Å². The standard InChI is InChI=1S/C13H23NO3/c1-9(2)11(7-8-12(15)16)13(17)14-10-5-3-4-6-10/h9-11H,3-8H2,1-2H3,(H,14,17)(H,15,16). The molecule has 0 saturated heterocycles. The smallest absolute Gasteiger partial charge is 0.303 e. The number of hydrogen-bond acceptors (Lipinski definition) is 2. The molecule has 2 N–H and O–H groups in total. The highest BCUT2D eigenvalue weighted by atomic mass is 16.4. The van der Waals surface area contributed by atoms with Crippen molar-refractivity contribution in [1.82, 2.24) is 5.32 Å². The summed E-state index contributed by atoms with van der Waals surface area (Å²) < 4.78 is 0. The van der Waals surface area contributed by atoms with E-state index >= 15 is 0 Å². The van der Waals surface area contributed by atoms with Crippen molar-refractivity contribution < 1.29 is 14.7 Å². The highest BCUT2D eigenvalue weighted by molar-refractivity contribution is 5.80. The summed E-state index contributed by atoms with van der Waals surface area (Å²) in [6.45, 7) is 3.95. The van der Waals surface area contributed by atoms with Crippen molar-refractivity contribution in [2.24, 2.45) is 11.8 Å². The van der Waals surface area contributed by atoms with Crippen molar-refractivity contribution >= 4 is 11.9 Å². The summed E-state index contributed by atoms with van der Waals surface area (Å²) in [6.07, 6.45) is 5.01. The molecule has 0 bridgehead atoms. The van der Waals surface area contributed by atoms with E-state index < -0.39 is 5.97 Å². The normalized spacial score (nSPS) is 18.3. The highest BCUT2D eigenvalue weighted by Gasteiger charge is 2.26. The number of nitrogens with one attached hydrogen (secondary N) is 1. The van der Waals surface area contributed by atoms with E-state index in [1.54, 1.807) is 0 Å². The molecule has 98 valence electrons. The maximum Gasteiger partial charge on any atom is 0.303 e. The summed E-state index contributed by atoms with van der Waals surface area (Å²) in [7, 11) is 0. The van der Waals surface area contributed by atoms with Crippen LogP contribution in [0.5, 0.6) is 0 Å². The fraction of sp³-hybridized carbons (Fsp3) is 0.846. The van der Waals surface area contributed by atoms with Crippen molar-refractivity contribution in [3.8, 4) is 0 Å². The van der Waals surface area contributed by atoms with Crippen LogP contribution in [0, 0.1) is 11.8 Å². The van der Waals surface area contributed by atoms with Crippen LogP contribution >= 0.6 is 0 Å². The number of carbonyl (C=O) groups is 2. The molecule has 0 spiro atoms. The molecule has 0 aromatic carbocycles. The summed E-state index contributed by atoms with van der Waals surface area (Å²) in [4.78, 5) is 22.6. The van der Waals surface area contributed by atoms with Crippen molar-refractivity contribution in [3.05, 3.63) is 0 Å². The lowest BCUT2D eigenvalue weighted by Crippen LogP contribution is -2.39. The minimum atomic E-state index is -0.829. The summed E-state index contributed by atoms with van der Waals surface area (Å²) in [5.41, 5.74) is 0. The van der Waals surface area contributed by atoms with Gasteiger partial charge >= 0.3 is 5.97 Å². The van der Waals surface area contributed by atoms with Crippen LogP contribution in [0.25, 0.3) is 0 Å². The van der Waals surface area contributed by atoms with E-state index in [4.69, 9.17) is 5.11 Å². The molecule has 1 amide bonds. The molecule has 0 aromatic rings. The molecule has 1 rings (SSSR count). The van der Waals surface area contributed by atoms with Crippen LogP contribution in [0.1, 0.15) is 52.4 Å². The number of carbonyl (C=O) groups excluding carboxylic acids is 1. The van der Waals surface area contributed by atoms with Crippen molar-refractivity contribution in [1.29, 1.82) is 0 Å². The van der Waals surface area contributed by atoms with Crippen LogP contribution in [0.3, 0.4) is 0 Å². The number of amides is 1. The Hall–Kier alpha value is -1.06. The van der Waals surface area contributed by atoms with Crippen molar-refractivity contribution in [3.63, 3.8) is 0 Å². The van der Waals surface area contributed by atoms with E-state index in [-0.39, 0.29) is 24.2 Å². The van der Waals surface area contributed by atoms with E-state index in [0.29, 0.717) is 12.5 Å². The fourth-order valence-corrected chi connectivity index (χ4v) is 2.42. The fourth-order valence-electron chi connectivity index (χ4n) is 2.42. The average Bonchev–Trinajstić information content (AvgIpc) is 2.69. The van der Waals surface area contributed by atoms with Crippen molar-refractivity contribution in [2.75, 3.05) is 0 Å². The van der Waals surface area contributed by atoms with Gasteiger partial charge in [-0.3, -0.25) is 9.59 Å². The summed E-state index contributed by atoms with van der Waals surface area (Å²) in [5.74, 6) is -0.778. The monoisotopic (exact) mass is 241 g/mol. The molecular formula is C13H23NO3. The first-order chi connectivity index (χ1) is 8.00. The molecule has 0 aromatic heterocycles. The first kappa shape index (κ1) is 14.0. The molecule has 0 heterocycles. The Morgan fingerprint density at radius 3 is 2.35 bits per heavy atom. The summed E-state index contributed by atoms with van der Waals surface area (Å²) >= 11 is 0. The Balaban J connectivity index is 2.44. The van der Waals surface area contributed by atoms with Crippen LogP contribution in [-0.4, -0.2) is 23.0 Å². The first-order valence-corrected chi connectivity index (χ1v) is 6.53. The Bertz CT molecular complexity index is 270. The molecule has 1 fully saturated rings. The second-order valence-corrected chi connectivity index (χ2v) is 5.27. The van der Waals surface area contributed by atoms with Crippen LogP contribution in [0.2, 0.25) is 0 Å². The van der Waals surface area contributed by atoms with Gasteiger partial charge in [-0.15, -0.1) is 0 Å². The minimum Gasteiger partial charge on any atom is -0.481 e. The van der Waals surface area contributed by atoms with E-state index in [0.717, 1.165) is 12.8 Å². The third-order valence-corrected chi connectivity index (χ3v) is 3.51. The lowest BCUT2D eigenvalue weighted by Gasteiger charge is -2.22. The number of hydrogen-bond donors (Lipinski definition) is 2. The Morgan fingerprint density at radius 1 is 1.29 bits per heavy atom. The van der Waals surface area contributed by atoms with Gasteiger partial charge < -0.3 is 10.4 Å². The Morgan fingerprint density at radius 2 is 1.88 bits per heavy atom.